The summed E-state index contributed by atoms with van der Waals surface area (Å²) in [5.74, 6) is -0.319. The highest BCUT2D eigenvalue weighted by molar-refractivity contribution is 5.84. The number of piperidine rings is 2. The Morgan fingerprint density at radius 2 is 1.89 bits per heavy atom. The number of nitrogens with one attached hydrogen (secondary N) is 1. The van der Waals surface area contributed by atoms with Gasteiger partial charge in [0.2, 0.25) is 11.8 Å². The molecule has 108 valence electrons. The fourth-order valence-corrected chi connectivity index (χ4v) is 3.18. The van der Waals surface area contributed by atoms with Gasteiger partial charge in [-0.15, -0.1) is 0 Å². The van der Waals surface area contributed by atoms with E-state index in [-0.39, 0.29) is 29.8 Å². The summed E-state index contributed by atoms with van der Waals surface area (Å²) in [5.41, 5.74) is 5.38. The quantitative estimate of drug-likeness (QED) is 0.770. The first-order valence-electron chi connectivity index (χ1n) is 7.35. The lowest BCUT2D eigenvalue weighted by atomic mass is 9.91. The number of nitrogens with zero attached hydrogens (tertiary/aromatic N) is 1. The first-order valence-corrected chi connectivity index (χ1v) is 7.35. The largest absolute Gasteiger partial charge is 0.369 e. The van der Waals surface area contributed by atoms with Gasteiger partial charge >= 0.3 is 0 Å². The first-order chi connectivity index (χ1) is 8.99. The zero-order chi connectivity index (χ0) is 14.0. The smallest absolute Gasteiger partial charge is 0.239 e. The summed E-state index contributed by atoms with van der Waals surface area (Å²) in [6.07, 6.45) is 4.78. The number of carbonyl (C=O) groups excluding carboxylic acids is 2. The summed E-state index contributed by atoms with van der Waals surface area (Å²) in [6, 6.07) is 0.523. The van der Waals surface area contributed by atoms with Crippen molar-refractivity contribution < 1.29 is 9.59 Å². The molecule has 2 saturated heterocycles. The lowest BCUT2D eigenvalue weighted by Crippen LogP contribution is -2.56. The highest BCUT2D eigenvalue weighted by Crippen LogP contribution is 2.24. The normalized spacial score (nSPS) is 36.0. The maximum atomic E-state index is 12.6. The summed E-state index contributed by atoms with van der Waals surface area (Å²) >= 11 is 0. The predicted molar refractivity (Wildman–Crippen MR) is 73.3 cm³/mol. The first kappa shape index (κ1) is 14.3. The number of nitrogens with two attached hydrogens (primary N) is 1. The number of likely N-dealkylation sites (tertiary alicyclic amines) is 1. The molecular weight excluding hydrogens is 242 g/mol. The van der Waals surface area contributed by atoms with Crippen LogP contribution in [0, 0.1) is 5.92 Å². The van der Waals surface area contributed by atoms with Gasteiger partial charge in [-0.1, -0.05) is 0 Å². The van der Waals surface area contributed by atoms with Crippen LogP contribution in [0.2, 0.25) is 0 Å². The second-order valence-electron chi connectivity index (χ2n) is 6.07. The molecule has 0 aromatic carbocycles. The average molecular weight is 267 g/mol. The number of hydrogen-bond donors (Lipinski definition) is 2. The molecule has 4 unspecified atom stereocenters. The predicted octanol–water partition coefficient (Wildman–Crippen LogP) is 0.629. The van der Waals surface area contributed by atoms with E-state index in [1.807, 2.05) is 4.90 Å². The maximum Gasteiger partial charge on any atom is 0.239 e. The van der Waals surface area contributed by atoms with Crippen molar-refractivity contribution in [2.45, 2.75) is 64.1 Å². The van der Waals surface area contributed by atoms with Gasteiger partial charge in [-0.05, 0) is 46.0 Å². The molecule has 2 amide bonds. The van der Waals surface area contributed by atoms with Crippen LogP contribution < -0.4 is 11.1 Å². The van der Waals surface area contributed by atoms with Gasteiger partial charge in [-0.3, -0.25) is 9.59 Å². The SMILES string of the molecule is CC1CCCC(C(=O)N2CC(C(N)=O)CCC2C)N1. The van der Waals surface area contributed by atoms with E-state index in [0.29, 0.717) is 12.6 Å². The second-order valence-corrected chi connectivity index (χ2v) is 6.07. The lowest BCUT2D eigenvalue weighted by Gasteiger charge is -2.40. The third-order valence-corrected chi connectivity index (χ3v) is 4.48. The van der Waals surface area contributed by atoms with Crippen LogP contribution in [0.4, 0.5) is 0 Å². The van der Waals surface area contributed by atoms with Crippen molar-refractivity contribution in [1.29, 1.82) is 0 Å². The molecule has 0 aliphatic carbocycles. The summed E-state index contributed by atoms with van der Waals surface area (Å²) in [6.45, 7) is 4.66. The van der Waals surface area contributed by atoms with Crippen LogP contribution in [-0.2, 0) is 9.59 Å². The molecule has 3 N–H and O–H groups in total. The molecule has 0 saturated carbocycles. The molecule has 2 aliphatic rings. The van der Waals surface area contributed by atoms with Crippen molar-refractivity contribution in [3.8, 4) is 0 Å². The van der Waals surface area contributed by atoms with Crippen LogP contribution in [0.3, 0.4) is 0 Å². The Hall–Kier alpha value is -1.10. The Balaban J connectivity index is 2.01. The van der Waals surface area contributed by atoms with Crippen LogP contribution in [0.15, 0.2) is 0 Å². The van der Waals surface area contributed by atoms with Gasteiger partial charge in [0.25, 0.3) is 0 Å². The molecule has 5 nitrogen and oxygen atoms in total. The van der Waals surface area contributed by atoms with Gasteiger partial charge < -0.3 is 16.0 Å². The van der Waals surface area contributed by atoms with Crippen LogP contribution in [-0.4, -0.2) is 41.4 Å². The molecule has 0 radical (unpaired) electrons. The highest BCUT2D eigenvalue weighted by Gasteiger charge is 2.35. The molecule has 5 heteroatoms. The van der Waals surface area contributed by atoms with E-state index in [4.69, 9.17) is 5.73 Å². The molecule has 2 aliphatic heterocycles. The Bertz CT molecular complexity index is 359. The Morgan fingerprint density at radius 1 is 1.16 bits per heavy atom. The minimum atomic E-state index is -0.283. The summed E-state index contributed by atoms with van der Waals surface area (Å²) in [7, 11) is 0. The molecule has 2 fully saturated rings. The van der Waals surface area contributed by atoms with Crippen LogP contribution in [0.5, 0.6) is 0 Å². The molecule has 2 rings (SSSR count). The van der Waals surface area contributed by atoms with Crippen molar-refractivity contribution in [1.82, 2.24) is 10.2 Å². The summed E-state index contributed by atoms with van der Waals surface area (Å²) in [4.78, 5) is 25.8. The molecule has 0 aromatic heterocycles. The van der Waals surface area contributed by atoms with E-state index in [1.54, 1.807) is 0 Å². The van der Waals surface area contributed by atoms with Crippen molar-refractivity contribution in [3.63, 3.8) is 0 Å². The zero-order valence-corrected chi connectivity index (χ0v) is 11.9. The monoisotopic (exact) mass is 267 g/mol. The number of carbonyl (C=O) groups is 2. The van der Waals surface area contributed by atoms with Gasteiger partial charge in [0, 0.05) is 18.6 Å². The molecule has 4 atom stereocenters. The van der Waals surface area contributed by atoms with Gasteiger partial charge in [0.05, 0.1) is 12.0 Å². The van der Waals surface area contributed by atoms with E-state index in [0.717, 1.165) is 32.1 Å². The number of rotatable bonds is 2. The van der Waals surface area contributed by atoms with Gasteiger partial charge in [0.1, 0.15) is 0 Å². The van der Waals surface area contributed by atoms with E-state index >= 15 is 0 Å². The van der Waals surface area contributed by atoms with Crippen LogP contribution in [0.1, 0.15) is 46.0 Å². The maximum absolute atomic E-state index is 12.6. The van der Waals surface area contributed by atoms with Crippen LogP contribution >= 0.6 is 0 Å². The molecule has 2 heterocycles. The fourth-order valence-electron chi connectivity index (χ4n) is 3.18. The molecule has 0 aromatic rings. The van der Waals surface area contributed by atoms with Crippen molar-refractivity contribution in [3.05, 3.63) is 0 Å². The van der Waals surface area contributed by atoms with Gasteiger partial charge in [0.15, 0.2) is 0 Å². The van der Waals surface area contributed by atoms with E-state index < -0.39 is 0 Å². The van der Waals surface area contributed by atoms with E-state index in [2.05, 4.69) is 19.2 Å². The zero-order valence-electron chi connectivity index (χ0n) is 11.9. The van der Waals surface area contributed by atoms with Crippen molar-refractivity contribution in [2.75, 3.05) is 6.54 Å². The number of primary amides is 1. The minimum Gasteiger partial charge on any atom is -0.369 e. The summed E-state index contributed by atoms with van der Waals surface area (Å²) < 4.78 is 0. The Kier molecular flexibility index (Phi) is 4.45. The second kappa shape index (κ2) is 5.90. The standard InChI is InChI=1S/C14H25N3O2/c1-9-4-3-5-12(16-9)14(19)17-8-11(13(15)18)7-6-10(17)2/h9-12,16H,3-8H2,1-2H3,(H2,15,18). The fraction of sp³-hybridized carbons (Fsp3) is 0.857. The minimum absolute atomic E-state index is 0.0853. The lowest BCUT2D eigenvalue weighted by molar-refractivity contribution is -0.140. The third kappa shape index (κ3) is 3.26. The third-order valence-electron chi connectivity index (χ3n) is 4.48. The Morgan fingerprint density at radius 3 is 2.53 bits per heavy atom. The number of hydrogen-bond acceptors (Lipinski definition) is 3. The van der Waals surface area contributed by atoms with Gasteiger partial charge in [-0.25, -0.2) is 0 Å². The molecule has 19 heavy (non-hydrogen) atoms. The molecular formula is C14H25N3O2. The average Bonchev–Trinajstić information content (AvgIpc) is 2.38. The Labute approximate surface area is 114 Å². The molecule has 0 spiro atoms. The highest BCUT2D eigenvalue weighted by atomic mass is 16.2. The molecule has 0 bridgehead atoms. The van der Waals surface area contributed by atoms with Crippen LogP contribution in [0.25, 0.3) is 0 Å². The number of amides is 2. The van der Waals surface area contributed by atoms with Crippen molar-refractivity contribution in [2.24, 2.45) is 11.7 Å². The summed E-state index contributed by atoms with van der Waals surface area (Å²) in [5, 5.41) is 3.37. The van der Waals surface area contributed by atoms with Gasteiger partial charge in [-0.2, -0.15) is 0 Å². The topological polar surface area (TPSA) is 75.4 Å². The van der Waals surface area contributed by atoms with E-state index in [9.17, 15) is 9.59 Å². The van der Waals surface area contributed by atoms with Crippen molar-refractivity contribution >= 4 is 11.8 Å². The van der Waals surface area contributed by atoms with E-state index in [1.165, 1.54) is 0 Å².